The maximum Gasteiger partial charge on any atom is 0.169 e. The summed E-state index contributed by atoms with van der Waals surface area (Å²) in [5.74, 6) is 0.573. The minimum atomic E-state index is 0.412. The van der Waals surface area contributed by atoms with E-state index in [-0.39, 0.29) is 0 Å². The number of hydrogen-bond acceptors (Lipinski definition) is 2. The lowest BCUT2D eigenvalue weighted by Crippen LogP contribution is -2.56. The number of nitrogens with zero attached hydrogens (tertiary/aromatic N) is 3. The lowest BCUT2D eigenvalue weighted by molar-refractivity contribution is 0.133. The number of aryl methyl sites for hydroxylation is 1. The van der Waals surface area contributed by atoms with E-state index < -0.39 is 0 Å². The molecule has 1 fully saturated rings. The fourth-order valence-corrected chi connectivity index (χ4v) is 5.53. The smallest absolute Gasteiger partial charge is 0.169 e. The number of aromatic nitrogens is 1. The van der Waals surface area contributed by atoms with Gasteiger partial charge in [-0.2, -0.15) is 0 Å². The minimum absolute atomic E-state index is 0.412. The van der Waals surface area contributed by atoms with Crippen molar-refractivity contribution in [3.8, 4) is 0 Å². The number of hydrogen-bond donors (Lipinski definition) is 1. The molecule has 1 aromatic heterocycles. The maximum absolute atomic E-state index is 5.66. The van der Waals surface area contributed by atoms with Crippen LogP contribution in [0.5, 0.6) is 0 Å². The first-order valence-corrected chi connectivity index (χ1v) is 10.3. The standard InChI is InChI=1S/C21H30N4S/c1-5-25(6-2)21(26)22-15-11-17-16-8-7-9-18-20(16)14(12-23(18)3)10-19(17)24(4)13-15/h7-9,12,15,17,19H,5-6,10-11,13H2,1-4H3,(H,22,26)/t15-,17?,19+/m0/s1. The number of benzene rings is 1. The van der Waals surface area contributed by atoms with E-state index in [9.17, 15) is 0 Å². The molecular formula is C21H30N4S. The zero-order valence-electron chi connectivity index (χ0n) is 16.3. The van der Waals surface area contributed by atoms with Crippen molar-refractivity contribution in [1.29, 1.82) is 0 Å². The lowest BCUT2D eigenvalue weighted by atomic mass is 9.74. The average Bonchev–Trinajstić information content (AvgIpc) is 2.94. The van der Waals surface area contributed by atoms with Crippen molar-refractivity contribution in [2.24, 2.45) is 7.05 Å². The molecule has 3 atom stereocenters. The highest BCUT2D eigenvalue weighted by atomic mass is 32.1. The van der Waals surface area contributed by atoms with Gasteiger partial charge in [0.2, 0.25) is 0 Å². The molecule has 1 N–H and O–H groups in total. The van der Waals surface area contributed by atoms with E-state index >= 15 is 0 Å². The van der Waals surface area contributed by atoms with Crippen molar-refractivity contribution in [2.75, 3.05) is 26.7 Å². The highest BCUT2D eigenvalue weighted by Gasteiger charge is 2.39. The second kappa shape index (κ2) is 6.86. The van der Waals surface area contributed by atoms with Crippen LogP contribution in [0, 0.1) is 0 Å². The molecule has 0 radical (unpaired) electrons. The second-order valence-electron chi connectivity index (χ2n) is 7.88. The van der Waals surface area contributed by atoms with Gasteiger partial charge in [0.25, 0.3) is 0 Å². The number of nitrogens with one attached hydrogen (secondary N) is 1. The van der Waals surface area contributed by atoms with Crippen LogP contribution in [0.1, 0.15) is 37.3 Å². The third-order valence-corrected chi connectivity index (χ3v) is 6.79. The molecule has 2 heterocycles. The van der Waals surface area contributed by atoms with Crippen molar-refractivity contribution >= 4 is 28.2 Å². The third kappa shape index (κ3) is 2.81. The molecule has 0 bridgehead atoms. The van der Waals surface area contributed by atoms with Gasteiger partial charge in [-0.25, -0.2) is 0 Å². The van der Waals surface area contributed by atoms with E-state index in [1.807, 2.05) is 0 Å². The van der Waals surface area contributed by atoms with Gasteiger partial charge in [0, 0.05) is 61.8 Å². The highest BCUT2D eigenvalue weighted by molar-refractivity contribution is 7.80. The summed E-state index contributed by atoms with van der Waals surface area (Å²) in [6, 6.07) is 7.83. The Bertz CT molecular complexity index is 823. The first-order valence-electron chi connectivity index (χ1n) is 9.85. The highest BCUT2D eigenvalue weighted by Crippen LogP contribution is 2.43. The number of fused-ring (bicyclic) bond motifs is 2. The normalized spacial score (nSPS) is 25.2. The van der Waals surface area contributed by atoms with Crippen LogP contribution in [0.3, 0.4) is 0 Å². The van der Waals surface area contributed by atoms with Gasteiger partial charge in [0.05, 0.1) is 0 Å². The Morgan fingerprint density at radius 1 is 1.27 bits per heavy atom. The van der Waals surface area contributed by atoms with Crippen LogP contribution >= 0.6 is 12.2 Å². The van der Waals surface area contributed by atoms with Gasteiger partial charge in [-0.05, 0) is 63.1 Å². The van der Waals surface area contributed by atoms with Crippen LogP contribution in [-0.4, -0.2) is 58.2 Å². The molecule has 1 saturated heterocycles. The molecular weight excluding hydrogens is 340 g/mol. The number of piperidine rings is 1. The summed E-state index contributed by atoms with van der Waals surface area (Å²) in [7, 11) is 4.45. The topological polar surface area (TPSA) is 23.4 Å². The van der Waals surface area contributed by atoms with Crippen LogP contribution < -0.4 is 5.32 Å². The largest absolute Gasteiger partial charge is 0.359 e. The predicted octanol–water partition coefficient (Wildman–Crippen LogP) is 3.11. The summed E-state index contributed by atoms with van der Waals surface area (Å²) in [6.07, 6.45) is 4.64. The molecule has 1 aliphatic carbocycles. The molecule has 140 valence electrons. The summed E-state index contributed by atoms with van der Waals surface area (Å²) in [5, 5.41) is 6.06. The quantitative estimate of drug-likeness (QED) is 0.839. The fraction of sp³-hybridized carbons (Fsp3) is 0.571. The van der Waals surface area contributed by atoms with Crippen molar-refractivity contribution in [3.05, 3.63) is 35.5 Å². The van der Waals surface area contributed by atoms with Crippen LogP contribution in [0.2, 0.25) is 0 Å². The summed E-state index contributed by atoms with van der Waals surface area (Å²) in [6.45, 7) is 7.31. The number of likely N-dealkylation sites (tertiary alicyclic amines) is 1. The Kier molecular flexibility index (Phi) is 4.70. The Morgan fingerprint density at radius 2 is 2.04 bits per heavy atom. The van der Waals surface area contributed by atoms with Crippen molar-refractivity contribution < 1.29 is 0 Å². The van der Waals surface area contributed by atoms with E-state index in [1.165, 1.54) is 22.0 Å². The summed E-state index contributed by atoms with van der Waals surface area (Å²) in [5.41, 5.74) is 4.41. The molecule has 4 rings (SSSR count). The van der Waals surface area contributed by atoms with Gasteiger partial charge in [-0.3, -0.25) is 0 Å². The van der Waals surface area contributed by atoms with E-state index in [0.717, 1.165) is 37.6 Å². The lowest BCUT2D eigenvalue weighted by Gasteiger charge is -2.46. The minimum Gasteiger partial charge on any atom is -0.359 e. The van der Waals surface area contributed by atoms with E-state index in [0.29, 0.717) is 18.0 Å². The molecule has 1 aromatic carbocycles. The Hall–Kier alpha value is -1.59. The summed E-state index contributed by atoms with van der Waals surface area (Å²) < 4.78 is 2.29. The molecule has 0 amide bonds. The molecule has 26 heavy (non-hydrogen) atoms. The van der Waals surface area contributed by atoms with Gasteiger partial charge in [-0.15, -0.1) is 0 Å². The van der Waals surface area contributed by atoms with E-state index in [4.69, 9.17) is 12.2 Å². The molecule has 1 unspecified atom stereocenters. The molecule has 2 aromatic rings. The Balaban J connectivity index is 1.63. The molecule has 0 spiro atoms. The molecule has 5 heteroatoms. The number of rotatable bonds is 3. The molecule has 1 aliphatic heterocycles. The third-order valence-electron chi connectivity index (χ3n) is 6.41. The van der Waals surface area contributed by atoms with Crippen LogP contribution in [0.15, 0.2) is 24.4 Å². The van der Waals surface area contributed by atoms with Crippen LogP contribution in [-0.2, 0) is 13.5 Å². The summed E-state index contributed by atoms with van der Waals surface area (Å²) in [4.78, 5) is 4.78. The predicted molar refractivity (Wildman–Crippen MR) is 113 cm³/mol. The SMILES string of the molecule is CCN(CC)C(=S)N[C@H]1CC2c3cccc4c3c(cn4C)C[C@H]2N(C)C1. The maximum atomic E-state index is 5.66. The average molecular weight is 371 g/mol. The Morgan fingerprint density at radius 3 is 2.77 bits per heavy atom. The molecule has 0 saturated carbocycles. The van der Waals surface area contributed by atoms with Crippen LogP contribution in [0.25, 0.3) is 10.9 Å². The van der Waals surface area contributed by atoms with Crippen molar-refractivity contribution in [1.82, 2.24) is 19.7 Å². The first kappa shape index (κ1) is 17.8. The van der Waals surface area contributed by atoms with Crippen molar-refractivity contribution in [2.45, 2.75) is 44.7 Å². The van der Waals surface area contributed by atoms with Gasteiger partial charge in [0.15, 0.2) is 5.11 Å². The molecule has 4 nitrogen and oxygen atoms in total. The number of thiocarbonyl (C=S) groups is 1. The zero-order chi connectivity index (χ0) is 18.4. The molecule has 2 aliphatic rings. The van der Waals surface area contributed by atoms with E-state index in [2.05, 4.69) is 72.0 Å². The van der Waals surface area contributed by atoms with Gasteiger partial charge in [0.1, 0.15) is 0 Å². The van der Waals surface area contributed by atoms with E-state index in [1.54, 1.807) is 0 Å². The first-order chi connectivity index (χ1) is 12.5. The fourth-order valence-electron chi connectivity index (χ4n) is 5.10. The van der Waals surface area contributed by atoms with Crippen molar-refractivity contribution in [3.63, 3.8) is 0 Å². The summed E-state index contributed by atoms with van der Waals surface area (Å²) >= 11 is 5.66. The Labute approximate surface area is 162 Å². The monoisotopic (exact) mass is 370 g/mol. The van der Waals surface area contributed by atoms with Gasteiger partial charge >= 0.3 is 0 Å². The second-order valence-corrected chi connectivity index (χ2v) is 8.27. The van der Waals surface area contributed by atoms with Crippen LogP contribution in [0.4, 0.5) is 0 Å². The number of likely N-dealkylation sites (N-methyl/N-ethyl adjacent to an activating group) is 1. The zero-order valence-corrected chi connectivity index (χ0v) is 17.1. The van der Waals surface area contributed by atoms with Gasteiger partial charge in [-0.1, -0.05) is 12.1 Å². The van der Waals surface area contributed by atoms with Gasteiger partial charge < -0.3 is 19.7 Å².